The molecule has 0 fully saturated rings. The summed E-state index contributed by atoms with van der Waals surface area (Å²) in [7, 11) is -3.98. The molecule has 0 aliphatic rings. The molecule has 0 amide bonds. The molecule has 35 heavy (non-hydrogen) atoms. The quantitative estimate of drug-likeness (QED) is 0.190. The topological polar surface area (TPSA) is 202 Å². The first-order valence-electron chi connectivity index (χ1n) is 8.49. The van der Waals surface area contributed by atoms with E-state index < -0.39 is 65.8 Å². The van der Waals surface area contributed by atoms with E-state index in [4.69, 9.17) is 5.11 Å². The van der Waals surface area contributed by atoms with Crippen molar-refractivity contribution in [1.82, 2.24) is 0 Å². The predicted molar refractivity (Wildman–Crippen MR) is 106 cm³/mol. The number of alkyl halides is 3. The van der Waals surface area contributed by atoms with E-state index in [1.54, 1.807) is 0 Å². The number of aromatic hydroxyl groups is 1. The van der Waals surface area contributed by atoms with Crippen molar-refractivity contribution in [3.8, 4) is 11.5 Å². The van der Waals surface area contributed by atoms with Gasteiger partial charge in [0.15, 0.2) is 5.75 Å². The molecule has 18 heteroatoms. The zero-order chi connectivity index (χ0) is 27.1. The molecule has 0 aliphatic carbocycles. The maximum Gasteiger partial charge on any atom is 0.534 e. The second-order valence-electron chi connectivity index (χ2n) is 5.87. The highest BCUT2D eigenvalue weighted by atomic mass is 32.2. The smallest absolute Gasteiger partial charge is 0.502 e. The van der Waals surface area contributed by atoms with Crippen molar-refractivity contribution in [2.75, 3.05) is 14.2 Å². The molecule has 2 aromatic rings. The molecular weight excluding hydrogens is 513 g/mol. The summed E-state index contributed by atoms with van der Waals surface area (Å²) < 4.78 is 70.6. The standard InChI is InChI=1S/C9H6F3NO7S.C8H7NO5/c1-19-8(14)5-2-3-6(13(15)16)7(4-5)20-21(17,18)9(10,11)12;1-14-8(11)5-2-3-6(9(12)13)7(10)4-5/h2-4H,1H3;2-4,10H,1H3. The monoisotopic (exact) mass is 526 g/mol. The molecule has 0 aliphatic heterocycles. The molecule has 2 aromatic carbocycles. The van der Waals surface area contributed by atoms with Crippen molar-refractivity contribution < 1.29 is 59.8 Å². The zero-order valence-corrected chi connectivity index (χ0v) is 18.2. The minimum absolute atomic E-state index is 0.0654. The number of nitrogens with zero attached hydrogens (tertiary/aromatic N) is 2. The number of hydrogen-bond donors (Lipinski definition) is 1. The Morgan fingerprint density at radius 1 is 0.886 bits per heavy atom. The van der Waals surface area contributed by atoms with Crippen LogP contribution in [0.1, 0.15) is 20.7 Å². The fraction of sp³-hybridized carbons (Fsp3) is 0.176. The summed E-state index contributed by atoms with van der Waals surface area (Å²) in [5.41, 5.74) is -7.64. The summed E-state index contributed by atoms with van der Waals surface area (Å²) in [6.45, 7) is 0. The molecule has 0 heterocycles. The van der Waals surface area contributed by atoms with Crippen molar-refractivity contribution in [2.24, 2.45) is 0 Å². The van der Waals surface area contributed by atoms with Gasteiger partial charge in [-0.05, 0) is 12.1 Å². The number of phenolic OH excluding ortho intramolecular Hbond substituents is 1. The Hall–Kier alpha value is -4.48. The lowest BCUT2D eigenvalue weighted by molar-refractivity contribution is -0.385. The van der Waals surface area contributed by atoms with Gasteiger partial charge in [0.05, 0.1) is 35.2 Å². The van der Waals surface area contributed by atoms with Crippen molar-refractivity contribution in [1.29, 1.82) is 0 Å². The lowest BCUT2D eigenvalue weighted by Crippen LogP contribution is -2.28. The summed E-state index contributed by atoms with van der Waals surface area (Å²) in [5, 5.41) is 30.1. The van der Waals surface area contributed by atoms with Gasteiger partial charge in [0.1, 0.15) is 0 Å². The lowest BCUT2D eigenvalue weighted by Gasteiger charge is -2.10. The number of benzene rings is 2. The lowest BCUT2D eigenvalue weighted by atomic mass is 10.2. The Morgan fingerprint density at radius 2 is 1.31 bits per heavy atom. The van der Waals surface area contributed by atoms with Crippen LogP contribution in [0.15, 0.2) is 36.4 Å². The van der Waals surface area contributed by atoms with Crippen LogP contribution in [0.25, 0.3) is 0 Å². The van der Waals surface area contributed by atoms with Crippen LogP contribution in [0.5, 0.6) is 11.5 Å². The van der Waals surface area contributed by atoms with Gasteiger partial charge < -0.3 is 18.8 Å². The van der Waals surface area contributed by atoms with Crippen LogP contribution in [-0.2, 0) is 19.6 Å². The third-order valence-electron chi connectivity index (χ3n) is 3.65. The number of ether oxygens (including phenoxy) is 2. The molecule has 0 radical (unpaired) electrons. The van der Waals surface area contributed by atoms with Crippen molar-refractivity contribution in [3.63, 3.8) is 0 Å². The van der Waals surface area contributed by atoms with E-state index in [1.165, 1.54) is 13.2 Å². The van der Waals surface area contributed by atoms with Gasteiger partial charge >= 0.3 is 38.9 Å². The summed E-state index contributed by atoms with van der Waals surface area (Å²) in [6.07, 6.45) is 0. The van der Waals surface area contributed by atoms with E-state index in [0.29, 0.717) is 12.1 Å². The van der Waals surface area contributed by atoms with Gasteiger partial charge in [-0.25, -0.2) is 9.59 Å². The summed E-state index contributed by atoms with van der Waals surface area (Å²) in [4.78, 5) is 41.2. The molecule has 190 valence electrons. The first-order valence-corrected chi connectivity index (χ1v) is 9.89. The number of nitro benzene ring substituents is 2. The van der Waals surface area contributed by atoms with E-state index >= 15 is 0 Å². The SMILES string of the molecule is COC(=O)c1ccc([N+](=O)[O-])c(O)c1.COC(=O)c1ccc([N+](=O)[O-])c(OS(=O)(=O)C(F)(F)F)c1. The van der Waals surface area contributed by atoms with Crippen LogP contribution >= 0.6 is 0 Å². The Morgan fingerprint density at radius 3 is 1.69 bits per heavy atom. The highest BCUT2D eigenvalue weighted by Crippen LogP contribution is 2.33. The highest BCUT2D eigenvalue weighted by Gasteiger charge is 2.49. The van der Waals surface area contributed by atoms with Crippen LogP contribution in [0.2, 0.25) is 0 Å². The first kappa shape index (κ1) is 28.6. The Balaban J connectivity index is 0.000000379. The predicted octanol–water partition coefficient (Wildman–Crippen LogP) is 2.70. The fourth-order valence-corrected chi connectivity index (χ4v) is 2.53. The number of esters is 2. The van der Waals surface area contributed by atoms with Gasteiger partial charge in [-0.1, -0.05) is 0 Å². The number of carbonyl (C=O) groups is 2. The average Bonchev–Trinajstić information content (AvgIpc) is 2.76. The highest BCUT2D eigenvalue weighted by molar-refractivity contribution is 7.88. The van der Waals surface area contributed by atoms with E-state index in [-0.39, 0.29) is 5.56 Å². The van der Waals surface area contributed by atoms with Crippen molar-refractivity contribution in [3.05, 3.63) is 67.8 Å². The summed E-state index contributed by atoms with van der Waals surface area (Å²) in [6, 6.07) is 5.20. The second-order valence-corrected chi connectivity index (χ2v) is 7.40. The number of carbonyl (C=O) groups excluding carboxylic acids is 2. The number of phenols is 1. The maximum absolute atomic E-state index is 12.2. The molecular formula is C17H13F3N2O12S. The number of hydrogen-bond acceptors (Lipinski definition) is 12. The molecule has 14 nitrogen and oxygen atoms in total. The Kier molecular flexibility index (Phi) is 9.05. The second kappa shape index (κ2) is 11.1. The molecule has 1 N–H and O–H groups in total. The minimum Gasteiger partial charge on any atom is -0.502 e. The molecule has 0 unspecified atom stereocenters. The normalized spacial score (nSPS) is 10.9. The van der Waals surface area contributed by atoms with Crippen molar-refractivity contribution >= 4 is 33.4 Å². The summed E-state index contributed by atoms with van der Waals surface area (Å²) in [5.74, 6) is -3.51. The van der Waals surface area contributed by atoms with Gasteiger partial charge in [-0.3, -0.25) is 20.2 Å². The van der Waals surface area contributed by atoms with E-state index in [9.17, 15) is 51.4 Å². The van der Waals surface area contributed by atoms with Crippen LogP contribution in [-0.4, -0.2) is 55.0 Å². The Bertz CT molecular complexity index is 1260. The number of nitro groups is 2. The van der Waals surface area contributed by atoms with E-state index in [0.717, 1.165) is 25.3 Å². The van der Waals surface area contributed by atoms with Crippen LogP contribution < -0.4 is 4.18 Å². The third kappa shape index (κ3) is 7.25. The first-order chi connectivity index (χ1) is 16.0. The number of halogens is 3. The van der Waals surface area contributed by atoms with Gasteiger partial charge in [0.2, 0.25) is 5.75 Å². The van der Waals surface area contributed by atoms with Crippen LogP contribution in [0, 0.1) is 20.2 Å². The largest absolute Gasteiger partial charge is 0.534 e. The van der Waals surface area contributed by atoms with Gasteiger partial charge in [-0.2, -0.15) is 21.6 Å². The fourth-order valence-electron chi connectivity index (χ4n) is 2.06. The molecule has 0 bridgehead atoms. The average molecular weight is 526 g/mol. The zero-order valence-electron chi connectivity index (χ0n) is 17.3. The number of rotatable bonds is 6. The molecule has 0 aromatic heterocycles. The number of methoxy groups -OCH3 is 2. The van der Waals surface area contributed by atoms with E-state index in [2.05, 4.69) is 13.7 Å². The Labute approximate surface area is 192 Å². The third-order valence-corrected chi connectivity index (χ3v) is 4.62. The van der Waals surface area contributed by atoms with Crippen molar-refractivity contribution in [2.45, 2.75) is 5.51 Å². The van der Waals surface area contributed by atoms with Crippen LogP contribution in [0.4, 0.5) is 24.5 Å². The molecule has 0 atom stereocenters. The molecule has 0 saturated carbocycles. The summed E-state index contributed by atoms with van der Waals surface area (Å²) >= 11 is 0. The van der Waals surface area contributed by atoms with Gasteiger partial charge in [0, 0.05) is 24.3 Å². The van der Waals surface area contributed by atoms with Gasteiger partial charge in [0.25, 0.3) is 0 Å². The van der Waals surface area contributed by atoms with E-state index in [1.807, 2.05) is 0 Å². The van der Waals surface area contributed by atoms with Crippen LogP contribution in [0.3, 0.4) is 0 Å². The minimum atomic E-state index is -6.11. The maximum atomic E-state index is 12.2. The molecule has 0 saturated heterocycles. The molecule has 0 spiro atoms. The van der Waals surface area contributed by atoms with Gasteiger partial charge in [-0.15, -0.1) is 0 Å². The molecule has 2 rings (SSSR count).